The number of hydrogen-bond acceptors (Lipinski definition) is 4. The zero-order chi connectivity index (χ0) is 13.1. The van der Waals surface area contributed by atoms with Gasteiger partial charge in [0, 0.05) is 19.6 Å². The molecule has 1 saturated heterocycles. The van der Waals surface area contributed by atoms with E-state index < -0.39 is 6.10 Å². The summed E-state index contributed by atoms with van der Waals surface area (Å²) < 4.78 is 8.37. The summed E-state index contributed by atoms with van der Waals surface area (Å²) in [6, 6.07) is 0. The Balaban J connectivity index is 2.16. The summed E-state index contributed by atoms with van der Waals surface area (Å²) in [5.74, 6) is 0. The third kappa shape index (κ3) is 2.93. The summed E-state index contributed by atoms with van der Waals surface area (Å²) in [7, 11) is 2.04. The number of nitrogens with zero attached hydrogens (tertiary/aromatic N) is 3. The van der Waals surface area contributed by atoms with Crippen LogP contribution >= 0.6 is 15.9 Å². The predicted octanol–water partition coefficient (Wildman–Crippen LogP) is 1.42. The minimum Gasteiger partial charge on any atom is -0.384 e. The van der Waals surface area contributed by atoms with E-state index in [2.05, 4.69) is 32.9 Å². The van der Waals surface area contributed by atoms with Crippen molar-refractivity contribution in [2.75, 3.05) is 26.7 Å². The fourth-order valence-electron chi connectivity index (χ4n) is 2.23. The van der Waals surface area contributed by atoms with E-state index in [1.165, 1.54) is 0 Å². The van der Waals surface area contributed by atoms with E-state index in [1.54, 1.807) is 6.20 Å². The van der Waals surface area contributed by atoms with Gasteiger partial charge < -0.3 is 14.7 Å². The summed E-state index contributed by atoms with van der Waals surface area (Å²) in [4.78, 5) is 2.17. The molecule has 1 fully saturated rings. The maximum atomic E-state index is 10.5. The maximum Gasteiger partial charge on any atom is 0.124 e. The Bertz CT molecular complexity index is 397. The first-order valence-corrected chi connectivity index (χ1v) is 7.12. The van der Waals surface area contributed by atoms with E-state index in [1.807, 2.05) is 11.7 Å². The number of hydrogen-bond donors (Lipinski definition) is 1. The highest BCUT2D eigenvalue weighted by Crippen LogP contribution is 2.28. The number of halogens is 1. The van der Waals surface area contributed by atoms with Crippen molar-refractivity contribution in [1.29, 1.82) is 0 Å². The Morgan fingerprint density at radius 3 is 3.11 bits per heavy atom. The van der Waals surface area contributed by atoms with Crippen LogP contribution in [0.5, 0.6) is 0 Å². The van der Waals surface area contributed by atoms with Crippen LogP contribution in [0.3, 0.4) is 0 Å². The molecule has 2 unspecified atom stereocenters. The number of likely N-dealkylation sites (N-methyl/N-ethyl adjacent to an activating group) is 1. The molecule has 0 aliphatic carbocycles. The Morgan fingerprint density at radius 1 is 1.67 bits per heavy atom. The van der Waals surface area contributed by atoms with Gasteiger partial charge in [-0.2, -0.15) is 5.10 Å². The molecule has 6 heteroatoms. The van der Waals surface area contributed by atoms with Gasteiger partial charge in [-0.3, -0.25) is 4.68 Å². The number of ether oxygens (including phenoxy) is 1. The topological polar surface area (TPSA) is 50.5 Å². The lowest BCUT2D eigenvalue weighted by atomic mass is 10.1. The van der Waals surface area contributed by atoms with Gasteiger partial charge in [-0.05, 0) is 29.4 Å². The minimum atomic E-state index is -0.642. The second-order valence-corrected chi connectivity index (χ2v) is 5.57. The number of aromatic nitrogens is 2. The SMILES string of the molecule is CCCn1ncc(Br)c1C(O)C1CN(C)CCO1. The van der Waals surface area contributed by atoms with Gasteiger partial charge in [0.2, 0.25) is 0 Å². The molecule has 0 radical (unpaired) electrons. The first-order valence-electron chi connectivity index (χ1n) is 6.33. The summed E-state index contributed by atoms with van der Waals surface area (Å²) in [5, 5.41) is 14.8. The third-order valence-corrected chi connectivity index (χ3v) is 3.81. The minimum absolute atomic E-state index is 0.188. The highest BCUT2D eigenvalue weighted by Gasteiger charge is 2.30. The highest BCUT2D eigenvalue weighted by atomic mass is 79.9. The largest absolute Gasteiger partial charge is 0.384 e. The van der Waals surface area contributed by atoms with Crippen LogP contribution in [0.25, 0.3) is 0 Å². The summed E-state index contributed by atoms with van der Waals surface area (Å²) >= 11 is 3.46. The number of aryl methyl sites for hydroxylation is 1. The van der Waals surface area contributed by atoms with Crippen LogP contribution in [0.2, 0.25) is 0 Å². The molecule has 0 amide bonds. The molecule has 0 aromatic carbocycles. The molecule has 0 spiro atoms. The Labute approximate surface area is 116 Å². The zero-order valence-corrected chi connectivity index (χ0v) is 12.4. The molecule has 18 heavy (non-hydrogen) atoms. The van der Waals surface area contributed by atoms with Crippen molar-refractivity contribution in [2.24, 2.45) is 0 Å². The van der Waals surface area contributed by atoms with Crippen molar-refractivity contribution in [3.63, 3.8) is 0 Å². The molecule has 2 rings (SSSR count). The normalized spacial score (nSPS) is 23.2. The van der Waals surface area contributed by atoms with Crippen LogP contribution < -0.4 is 0 Å². The number of morpholine rings is 1. The van der Waals surface area contributed by atoms with Gasteiger partial charge in [-0.1, -0.05) is 6.92 Å². The lowest BCUT2D eigenvalue weighted by Gasteiger charge is -2.33. The molecule has 5 nitrogen and oxygen atoms in total. The monoisotopic (exact) mass is 317 g/mol. The summed E-state index contributed by atoms with van der Waals surface area (Å²) in [6.45, 7) is 5.22. The van der Waals surface area contributed by atoms with Gasteiger partial charge in [0.15, 0.2) is 0 Å². The molecule has 1 aromatic rings. The fourth-order valence-corrected chi connectivity index (χ4v) is 2.76. The lowest BCUT2D eigenvalue weighted by Crippen LogP contribution is -2.43. The third-order valence-electron chi connectivity index (χ3n) is 3.20. The molecule has 2 heterocycles. The van der Waals surface area contributed by atoms with E-state index in [-0.39, 0.29) is 6.10 Å². The van der Waals surface area contributed by atoms with Crippen molar-refractivity contribution in [1.82, 2.24) is 14.7 Å². The van der Waals surface area contributed by atoms with Crippen LogP contribution in [0.1, 0.15) is 25.1 Å². The van der Waals surface area contributed by atoms with Crippen molar-refractivity contribution in [3.05, 3.63) is 16.4 Å². The average Bonchev–Trinajstić information content (AvgIpc) is 2.70. The van der Waals surface area contributed by atoms with E-state index >= 15 is 0 Å². The van der Waals surface area contributed by atoms with Crippen LogP contribution in [0, 0.1) is 0 Å². The molecule has 1 aliphatic heterocycles. The average molecular weight is 318 g/mol. The van der Waals surface area contributed by atoms with E-state index in [4.69, 9.17) is 4.74 Å². The zero-order valence-electron chi connectivity index (χ0n) is 10.8. The van der Waals surface area contributed by atoms with Crippen LogP contribution in [0.15, 0.2) is 10.7 Å². The second-order valence-electron chi connectivity index (χ2n) is 4.72. The molecule has 2 atom stereocenters. The van der Waals surface area contributed by atoms with Gasteiger partial charge in [0.25, 0.3) is 0 Å². The van der Waals surface area contributed by atoms with Crippen LogP contribution in [-0.2, 0) is 11.3 Å². The standard InChI is InChI=1S/C12H20BrN3O2/c1-3-4-16-11(9(13)7-14-16)12(17)10-8-15(2)5-6-18-10/h7,10,12,17H,3-6,8H2,1-2H3. The van der Waals surface area contributed by atoms with Crippen molar-refractivity contribution < 1.29 is 9.84 Å². The smallest absolute Gasteiger partial charge is 0.124 e. The Morgan fingerprint density at radius 2 is 2.44 bits per heavy atom. The predicted molar refractivity (Wildman–Crippen MR) is 72.4 cm³/mol. The quantitative estimate of drug-likeness (QED) is 0.912. The molecular formula is C12H20BrN3O2. The number of aliphatic hydroxyl groups excluding tert-OH is 1. The second kappa shape index (κ2) is 6.14. The molecular weight excluding hydrogens is 298 g/mol. The van der Waals surface area contributed by atoms with Crippen LogP contribution in [0.4, 0.5) is 0 Å². The van der Waals surface area contributed by atoms with Gasteiger partial charge in [-0.15, -0.1) is 0 Å². The van der Waals surface area contributed by atoms with Gasteiger partial charge >= 0.3 is 0 Å². The Kier molecular flexibility index (Phi) is 4.77. The van der Waals surface area contributed by atoms with E-state index in [0.717, 1.165) is 36.2 Å². The van der Waals surface area contributed by atoms with E-state index in [9.17, 15) is 5.11 Å². The van der Waals surface area contributed by atoms with Gasteiger partial charge in [-0.25, -0.2) is 0 Å². The number of aliphatic hydroxyl groups is 1. The van der Waals surface area contributed by atoms with Gasteiger partial charge in [0.1, 0.15) is 12.2 Å². The fraction of sp³-hybridized carbons (Fsp3) is 0.750. The summed E-state index contributed by atoms with van der Waals surface area (Å²) in [5.41, 5.74) is 0.817. The van der Waals surface area contributed by atoms with Crippen molar-refractivity contribution >= 4 is 15.9 Å². The molecule has 0 bridgehead atoms. The molecule has 0 saturated carbocycles. The first kappa shape index (κ1) is 14.0. The van der Waals surface area contributed by atoms with Crippen molar-refractivity contribution in [2.45, 2.75) is 32.1 Å². The van der Waals surface area contributed by atoms with Crippen molar-refractivity contribution in [3.8, 4) is 0 Å². The summed E-state index contributed by atoms with van der Waals surface area (Å²) in [6.07, 6.45) is 1.89. The molecule has 1 N–H and O–H groups in total. The number of rotatable bonds is 4. The molecule has 1 aliphatic rings. The molecule has 1 aromatic heterocycles. The van der Waals surface area contributed by atoms with Crippen LogP contribution in [-0.4, -0.2) is 52.6 Å². The first-order chi connectivity index (χ1) is 8.63. The molecule has 102 valence electrons. The Hall–Kier alpha value is -0.430. The highest BCUT2D eigenvalue weighted by molar-refractivity contribution is 9.10. The lowest BCUT2D eigenvalue weighted by molar-refractivity contribution is -0.0871. The van der Waals surface area contributed by atoms with Gasteiger partial charge in [0.05, 0.1) is 23.0 Å². The maximum absolute atomic E-state index is 10.5. The van der Waals surface area contributed by atoms with E-state index in [0.29, 0.717) is 6.61 Å².